The average molecular weight is 260 g/mol. The van der Waals surface area contributed by atoms with Gasteiger partial charge < -0.3 is 14.8 Å². The van der Waals surface area contributed by atoms with Crippen LogP contribution in [0.2, 0.25) is 0 Å². The Morgan fingerprint density at radius 1 is 1.32 bits per heavy atom. The maximum absolute atomic E-state index is 12.0. The molecular formula is C14H16N2O3. The fraction of sp³-hybridized carbons (Fsp3) is 0.286. The molecule has 0 saturated carbocycles. The number of aromatic hydroxyl groups is 1. The van der Waals surface area contributed by atoms with E-state index in [2.05, 4.69) is 9.97 Å². The molecule has 5 nitrogen and oxygen atoms in total. The van der Waals surface area contributed by atoms with E-state index in [4.69, 9.17) is 4.74 Å². The van der Waals surface area contributed by atoms with Gasteiger partial charge in [-0.2, -0.15) is 4.98 Å². The molecule has 5 heteroatoms. The zero-order chi connectivity index (χ0) is 13.8. The van der Waals surface area contributed by atoms with Crippen LogP contribution in [0, 0.1) is 6.92 Å². The summed E-state index contributed by atoms with van der Waals surface area (Å²) in [4.78, 5) is 18.7. The first-order valence-electron chi connectivity index (χ1n) is 6.00. The number of aromatic nitrogens is 2. The first-order chi connectivity index (χ1) is 9.11. The molecule has 0 spiro atoms. The normalized spacial score (nSPS) is 10.6. The predicted octanol–water partition coefficient (Wildman–Crippen LogP) is 1.64. The second-order valence-corrected chi connectivity index (χ2v) is 4.32. The van der Waals surface area contributed by atoms with Crippen LogP contribution in [-0.2, 0) is 11.2 Å². The molecule has 2 aromatic rings. The van der Waals surface area contributed by atoms with Gasteiger partial charge in [-0.05, 0) is 12.5 Å². The van der Waals surface area contributed by atoms with Crippen LogP contribution in [0.5, 0.6) is 5.88 Å². The van der Waals surface area contributed by atoms with E-state index in [0.717, 1.165) is 5.56 Å². The van der Waals surface area contributed by atoms with Gasteiger partial charge in [0.1, 0.15) is 11.4 Å². The monoisotopic (exact) mass is 260 g/mol. The zero-order valence-electron chi connectivity index (χ0n) is 10.9. The van der Waals surface area contributed by atoms with Crippen LogP contribution in [0.3, 0.4) is 0 Å². The molecule has 0 radical (unpaired) electrons. The summed E-state index contributed by atoms with van der Waals surface area (Å²) in [6, 6.07) is 7.34. The largest absolute Gasteiger partial charge is 0.493 e. The molecular weight excluding hydrogens is 244 g/mol. The molecule has 1 aromatic carbocycles. The molecule has 2 rings (SSSR count). The van der Waals surface area contributed by atoms with Gasteiger partial charge in [-0.3, -0.25) is 4.79 Å². The van der Waals surface area contributed by atoms with Crippen molar-refractivity contribution >= 4 is 0 Å². The van der Waals surface area contributed by atoms with E-state index in [-0.39, 0.29) is 17.0 Å². The van der Waals surface area contributed by atoms with Gasteiger partial charge in [0.2, 0.25) is 5.88 Å². The molecule has 0 aliphatic rings. The third-order valence-electron chi connectivity index (χ3n) is 2.83. The molecule has 2 N–H and O–H groups in total. The van der Waals surface area contributed by atoms with Crippen molar-refractivity contribution < 1.29 is 9.84 Å². The number of nitrogens with one attached hydrogen (secondary N) is 1. The van der Waals surface area contributed by atoms with Crippen LogP contribution in [0.25, 0.3) is 11.1 Å². The summed E-state index contributed by atoms with van der Waals surface area (Å²) >= 11 is 0. The Bertz CT molecular complexity index is 618. The van der Waals surface area contributed by atoms with Crippen LogP contribution in [0.15, 0.2) is 29.1 Å². The maximum Gasteiger partial charge on any atom is 0.262 e. The summed E-state index contributed by atoms with van der Waals surface area (Å²) in [6.45, 7) is 2.40. The highest BCUT2D eigenvalue weighted by Gasteiger charge is 2.12. The van der Waals surface area contributed by atoms with E-state index >= 15 is 0 Å². The summed E-state index contributed by atoms with van der Waals surface area (Å²) in [5.74, 6) is 0.166. The van der Waals surface area contributed by atoms with E-state index in [1.807, 2.05) is 19.1 Å². The van der Waals surface area contributed by atoms with Crippen molar-refractivity contribution in [3.63, 3.8) is 0 Å². The molecule has 19 heavy (non-hydrogen) atoms. The highest BCUT2D eigenvalue weighted by atomic mass is 16.5. The number of H-pyrrole nitrogens is 1. The minimum atomic E-state index is -0.345. The number of hydrogen-bond acceptors (Lipinski definition) is 4. The Balaban J connectivity index is 2.42. The van der Waals surface area contributed by atoms with E-state index in [1.165, 1.54) is 0 Å². The number of aryl methyl sites for hydroxylation is 1. The van der Waals surface area contributed by atoms with Crippen molar-refractivity contribution in [1.82, 2.24) is 9.97 Å². The van der Waals surface area contributed by atoms with Crippen molar-refractivity contribution in [1.29, 1.82) is 0 Å². The lowest BCUT2D eigenvalue weighted by molar-refractivity contribution is 0.200. The second-order valence-electron chi connectivity index (χ2n) is 4.32. The molecule has 0 amide bonds. The van der Waals surface area contributed by atoms with Gasteiger partial charge >= 0.3 is 0 Å². The number of ether oxygens (including phenoxy) is 1. The van der Waals surface area contributed by atoms with Crippen LogP contribution in [-0.4, -0.2) is 28.8 Å². The summed E-state index contributed by atoms with van der Waals surface area (Å²) < 4.78 is 4.91. The minimum absolute atomic E-state index is 0.196. The van der Waals surface area contributed by atoms with Gasteiger partial charge in [0.05, 0.1) is 6.61 Å². The Hall–Kier alpha value is -2.14. The molecule has 0 unspecified atom stereocenters. The smallest absolute Gasteiger partial charge is 0.262 e. The number of aromatic amines is 1. The van der Waals surface area contributed by atoms with Crippen LogP contribution >= 0.6 is 0 Å². The Labute approximate surface area is 110 Å². The lowest BCUT2D eigenvalue weighted by Gasteiger charge is -2.06. The maximum atomic E-state index is 12.0. The van der Waals surface area contributed by atoms with Gasteiger partial charge in [-0.1, -0.05) is 29.8 Å². The Morgan fingerprint density at radius 3 is 2.58 bits per heavy atom. The number of rotatable bonds is 4. The van der Waals surface area contributed by atoms with Gasteiger partial charge in [0.25, 0.3) is 5.56 Å². The number of hydrogen-bond donors (Lipinski definition) is 2. The highest BCUT2D eigenvalue weighted by molar-refractivity contribution is 5.67. The number of nitrogens with zero attached hydrogens (tertiary/aromatic N) is 1. The quantitative estimate of drug-likeness (QED) is 0.876. The van der Waals surface area contributed by atoms with Gasteiger partial charge in [-0.25, -0.2) is 0 Å². The molecule has 0 bridgehead atoms. The van der Waals surface area contributed by atoms with E-state index < -0.39 is 0 Å². The number of methoxy groups -OCH3 is 1. The fourth-order valence-electron chi connectivity index (χ4n) is 1.80. The summed E-state index contributed by atoms with van der Waals surface area (Å²) in [5.41, 5.74) is 1.59. The van der Waals surface area contributed by atoms with Crippen LogP contribution in [0.4, 0.5) is 0 Å². The molecule has 1 heterocycles. The standard InChI is InChI=1S/C14H16N2O3/c1-9-3-5-10(6-4-9)12-13(17)15-11(7-8-19-2)16-14(12)18/h3-6H,7-8H2,1-2H3,(H2,15,16,17,18). The fourth-order valence-corrected chi connectivity index (χ4v) is 1.80. The van der Waals surface area contributed by atoms with Crippen LogP contribution < -0.4 is 5.56 Å². The first kappa shape index (κ1) is 13.3. The lowest BCUT2D eigenvalue weighted by Crippen LogP contribution is -2.15. The highest BCUT2D eigenvalue weighted by Crippen LogP contribution is 2.23. The van der Waals surface area contributed by atoms with Gasteiger partial charge in [-0.15, -0.1) is 0 Å². The molecule has 0 saturated heterocycles. The van der Waals surface area contributed by atoms with Crippen molar-refractivity contribution in [2.45, 2.75) is 13.3 Å². The molecule has 1 aromatic heterocycles. The predicted molar refractivity (Wildman–Crippen MR) is 72.3 cm³/mol. The van der Waals surface area contributed by atoms with Gasteiger partial charge in [0.15, 0.2) is 0 Å². The van der Waals surface area contributed by atoms with Crippen molar-refractivity contribution in [3.05, 3.63) is 46.0 Å². The first-order valence-corrected chi connectivity index (χ1v) is 6.00. The molecule has 100 valence electrons. The van der Waals surface area contributed by atoms with Crippen molar-refractivity contribution in [2.75, 3.05) is 13.7 Å². The minimum Gasteiger partial charge on any atom is -0.493 e. The molecule has 0 fully saturated rings. The average Bonchev–Trinajstić information content (AvgIpc) is 2.38. The third kappa shape index (κ3) is 3.00. The number of benzene rings is 1. The summed E-state index contributed by atoms with van der Waals surface area (Å²) in [6.07, 6.45) is 0.452. The Kier molecular flexibility index (Phi) is 3.97. The van der Waals surface area contributed by atoms with Crippen molar-refractivity contribution in [2.24, 2.45) is 0 Å². The zero-order valence-corrected chi connectivity index (χ0v) is 10.9. The molecule has 0 atom stereocenters. The van der Waals surface area contributed by atoms with E-state index in [0.29, 0.717) is 24.4 Å². The Morgan fingerprint density at radius 2 is 2.00 bits per heavy atom. The topological polar surface area (TPSA) is 75.2 Å². The van der Waals surface area contributed by atoms with E-state index in [1.54, 1.807) is 19.2 Å². The second kappa shape index (κ2) is 5.67. The van der Waals surface area contributed by atoms with Crippen LogP contribution in [0.1, 0.15) is 11.4 Å². The summed E-state index contributed by atoms with van der Waals surface area (Å²) in [5, 5.41) is 9.92. The summed E-state index contributed by atoms with van der Waals surface area (Å²) in [7, 11) is 1.57. The van der Waals surface area contributed by atoms with Crippen molar-refractivity contribution in [3.8, 4) is 17.0 Å². The molecule has 0 aliphatic heterocycles. The SMILES string of the molecule is COCCc1nc(O)c(-c2ccc(C)cc2)c(=O)[nH]1. The molecule has 0 aliphatic carbocycles. The third-order valence-corrected chi connectivity index (χ3v) is 2.83. The van der Waals surface area contributed by atoms with Gasteiger partial charge in [0, 0.05) is 13.5 Å². The van der Waals surface area contributed by atoms with E-state index in [9.17, 15) is 9.90 Å². The lowest BCUT2D eigenvalue weighted by atomic mass is 10.1.